The number of fused-ring (bicyclic) bond motifs is 3. The van der Waals surface area contributed by atoms with Gasteiger partial charge in [-0.2, -0.15) is 0 Å². The van der Waals surface area contributed by atoms with Crippen molar-refractivity contribution in [2.75, 3.05) is 13.2 Å². The van der Waals surface area contributed by atoms with Crippen molar-refractivity contribution in [1.29, 1.82) is 0 Å². The van der Waals surface area contributed by atoms with Crippen molar-refractivity contribution in [3.63, 3.8) is 0 Å². The predicted molar refractivity (Wildman–Crippen MR) is 109 cm³/mol. The fraction of sp³-hybridized carbons (Fsp3) is 0.208. The van der Waals surface area contributed by atoms with Gasteiger partial charge >= 0.3 is 6.09 Å². The summed E-state index contributed by atoms with van der Waals surface area (Å²) >= 11 is 0. The molecule has 29 heavy (non-hydrogen) atoms. The Bertz CT molecular complexity index is 975. The van der Waals surface area contributed by atoms with E-state index in [1.54, 1.807) is 12.1 Å². The third-order valence-corrected chi connectivity index (χ3v) is 5.26. The summed E-state index contributed by atoms with van der Waals surface area (Å²) in [6.45, 7) is -0.0569. The number of rotatable bonds is 6. The number of carbonyl (C=O) groups is 1. The molecule has 1 atom stereocenters. The van der Waals surface area contributed by atoms with E-state index >= 15 is 0 Å². The van der Waals surface area contributed by atoms with Crippen LogP contribution in [-0.4, -0.2) is 30.5 Å². The number of halogens is 1. The van der Waals surface area contributed by atoms with Crippen molar-refractivity contribution in [2.45, 2.75) is 18.4 Å². The van der Waals surface area contributed by atoms with Crippen molar-refractivity contribution in [3.05, 3.63) is 95.3 Å². The molecule has 0 spiro atoms. The molecule has 0 aliphatic heterocycles. The van der Waals surface area contributed by atoms with Crippen LogP contribution in [0, 0.1) is 5.82 Å². The summed E-state index contributed by atoms with van der Waals surface area (Å²) in [5.74, 6) is -0.371. The van der Waals surface area contributed by atoms with E-state index in [1.807, 2.05) is 24.3 Å². The van der Waals surface area contributed by atoms with Gasteiger partial charge in [-0.3, -0.25) is 0 Å². The van der Waals surface area contributed by atoms with E-state index in [0.29, 0.717) is 12.0 Å². The molecule has 1 aliphatic rings. The first-order chi connectivity index (χ1) is 14.2. The Morgan fingerprint density at radius 2 is 1.66 bits per heavy atom. The molecule has 3 aromatic carbocycles. The number of alkyl carbamates (subject to hydrolysis) is 1. The molecule has 4 nitrogen and oxygen atoms in total. The number of benzene rings is 3. The zero-order valence-electron chi connectivity index (χ0n) is 15.8. The Morgan fingerprint density at radius 3 is 2.28 bits per heavy atom. The summed E-state index contributed by atoms with van der Waals surface area (Å²) in [5.41, 5.74) is 5.30. The van der Waals surface area contributed by atoms with Gasteiger partial charge in [0.2, 0.25) is 0 Å². The molecule has 4 rings (SSSR count). The molecule has 1 aliphatic carbocycles. The smallest absolute Gasteiger partial charge is 0.407 e. The number of hydrogen-bond donors (Lipinski definition) is 2. The topological polar surface area (TPSA) is 58.6 Å². The van der Waals surface area contributed by atoms with Crippen molar-refractivity contribution in [1.82, 2.24) is 5.32 Å². The molecule has 0 aromatic heterocycles. The minimum atomic E-state index is -0.595. The molecule has 1 amide bonds. The van der Waals surface area contributed by atoms with Gasteiger partial charge in [0, 0.05) is 5.92 Å². The lowest BCUT2D eigenvalue weighted by molar-refractivity contribution is 0.132. The molecular formula is C24H22FNO3. The zero-order valence-corrected chi connectivity index (χ0v) is 15.8. The van der Waals surface area contributed by atoms with E-state index in [0.717, 1.165) is 22.3 Å². The summed E-state index contributed by atoms with van der Waals surface area (Å²) in [6.07, 6.45) is -0.277. The highest BCUT2D eigenvalue weighted by molar-refractivity contribution is 5.79. The Balaban J connectivity index is 1.40. The van der Waals surface area contributed by atoms with Crippen LogP contribution in [-0.2, 0) is 11.2 Å². The summed E-state index contributed by atoms with van der Waals surface area (Å²) in [7, 11) is 0. The molecule has 0 radical (unpaired) electrons. The lowest BCUT2D eigenvalue weighted by Gasteiger charge is -2.18. The van der Waals surface area contributed by atoms with Gasteiger partial charge in [-0.15, -0.1) is 0 Å². The Hall–Kier alpha value is -3.18. The van der Waals surface area contributed by atoms with Crippen LogP contribution in [0.1, 0.15) is 22.6 Å². The van der Waals surface area contributed by atoms with E-state index in [-0.39, 0.29) is 24.9 Å². The van der Waals surface area contributed by atoms with Gasteiger partial charge < -0.3 is 15.2 Å². The van der Waals surface area contributed by atoms with Gasteiger partial charge in [-0.05, 0) is 46.4 Å². The number of amides is 1. The average Bonchev–Trinajstić information content (AvgIpc) is 3.06. The van der Waals surface area contributed by atoms with E-state index < -0.39 is 12.1 Å². The van der Waals surface area contributed by atoms with Gasteiger partial charge in [0.05, 0.1) is 12.6 Å². The third kappa shape index (κ3) is 4.15. The molecule has 2 N–H and O–H groups in total. The van der Waals surface area contributed by atoms with Crippen LogP contribution in [0.2, 0.25) is 0 Å². The number of nitrogens with one attached hydrogen (secondary N) is 1. The fourth-order valence-corrected chi connectivity index (χ4v) is 3.92. The van der Waals surface area contributed by atoms with E-state index in [9.17, 15) is 14.3 Å². The molecule has 3 aromatic rings. The summed E-state index contributed by atoms with van der Waals surface area (Å²) < 4.78 is 18.8. The maximum absolute atomic E-state index is 13.3. The maximum Gasteiger partial charge on any atom is 0.407 e. The highest BCUT2D eigenvalue weighted by atomic mass is 19.1. The Labute approximate surface area is 169 Å². The van der Waals surface area contributed by atoms with E-state index in [2.05, 4.69) is 29.6 Å². The van der Waals surface area contributed by atoms with Crippen LogP contribution in [0.4, 0.5) is 9.18 Å². The highest BCUT2D eigenvalue weighted by Gasteiger charge is 2.29. The van der Waals surface area contributed by atoms with Crippen LogP contribution < -0.4 is 5.32 Å². The number of aliphatic hydroxyl groups is 1. The molecule has 0 fully saturated rings. The van der Waals surface area contributed by atoms with E-state index in [4.69, 9.17) is 4.74 Å². The number of ether oxygens (including phenoxy) is 1. The number of hydrogen-bond acceptors (Lipinski definition) is 3. The second kappa shape index (κ2) is 8.45. The highest BCUT2D eigenvalue weighted by Crippen LogP contribution is 2.44. The quantitative estimate of drug-likeness (QED) is 0.660. The first-order valence-corrected chi connectivity index (χ1v) is 9.62. The first-order valence-electron chi connectivity index (χ1n) is 9.62. The molecule has 0 heterocycles. The minimum Gasteiger partial charge on any atom is -0.449 e. The van der Waals surface area contributed by atoms with Crippen molar-refractivity contribution in [2.24, 2.45) is 0 Å². The van der Waals surface area contributed by atoms with Crippen LogP contribution in [0.5, 0.6) is 0 Å². The minimum absolute atomic E-state index is 0.0241. The number of aliphatic hydroxyl groups excluding tert-OH is 1. The van der Waals surface area contributed by atoms with Crippen molar-refractivity contribution in [3.8, 4) is 11.1 Å². The fourth-order valence-electron chi connectivity index (χ4n) is 3.92. The SMILES string of the molecule is O=C(NC(CO)Cc1cccc(F)c1)OCC1c2ccccc2-c2ccccc21. The Morgan fingerprint density at radius 1 is 1.00 bits per heavy atom. The van der Waals surface area contributed by atoms with Crippen LogP contribution in [0.15, 0.2) is 72.8 Å². The summed E-state index contributed by atoms with van der Waals surface area (Å²) in [6, 6.07) is 21.8. The molecule has 0 saturated carbocycles. The number of carbonyl (C=O) groups excluding carboxylic acids is 1. The van der Waals surface area contributed by atoms with Crippen LogP contribution in [0.3, 0.4) is 0 Å². The molecule has 148 valence electrons. The van der Waals surface area contributed by atoms with Gasteiger partial charge in [-0.25, -0.2) is 9.18 Å². The normalized spacial score (nSPS) is 13.4. The summed E-state index contributed by atoms with van der Waals surface area (Å²) in [4.78, 5) is 12.3. The molecule has 0 bridgehead atoms. The maximum atomic E-state index is 13.3. The second-order valence-electron chi connectivity index (χ2n) is 7.18. The second-order valence-corrected chi connectivity index (χ2v) is 7.18. The molecular weight excluding hydrogens is 369 g/mol. The lowest BCUT2D eigenvalue weighted by atomic mass is 9.98. The first kappa shape index (κ1) is 19.2. The van der Waals surface area contributed by atoms with Crippen molar-refractivity contribution < 1.29 is 19.0 Å². The van der Waals surface area contributed by atoms with Crippen molar-refractivity contribution >= 4 is 6.09 Å². The molecule has 0 saturated heterocycles. The summed E-state index contributed by atoms with van der Waals surface area (Å²) in [5, 5.41) is 12.3. The van der Waals surface area contributed by atoms with Gasteiger partial charge in [-0.1, -0.05) is 60.7 Å². The van der Waals surface area contributed by atoms with Crippen LogP contribution >= 0.6 is 0 Å². The monoisotopic (exact) mass is 391 g/mol. The van der Waals surface area contributed by atoms with Gasteiger partial charge in [0.25, 0.3) is 0 Å². The van der Waals surface area contributed by atoms with Gasteiger partial charge in [0.1, 0.15) is 12.4 Å². The standard InChI is InChI=1S/C24H22FNO3/c25-17-7-5-6-16(12-17)13-18(14-27)26-24(28)29-15-23-21-10-3-1-8-19(21)20-9-2-4-11-22(20)23/h1-12,18,23,27H,13-15H2,(H,26,28). The zero-order chi connectivity index (χ0) is 20.2. The Kier molecular flexibility index (Phi) is 5.58. The third-order valence-electron chi connectivity index (χ3n) is 5.26. The molecule has 1 unspecified atom stereocenters. The molecule has 5 heteroatoms. The van der Waals surface area contributed by atoms with Crippen LogP contribution in [0.25, 0.3) is 11.1 Å². The average molecular weight is 391 g/mol. The van der Waals surface area contributed by atoms with E-state index in [1.165, 1.54) is 12.1 Å². The predicted octanol–water partition coefficient (Wildman–Crippen LogP) is 4.27. The lowest BCUT2D eigenvalue weighted by Crippen LogP contribution is -2.39. The largest absolute Gasteiger partial charge is 0.449 e. The van der Waals surface area contributed by atoms with Gasteiger partial charge in [0.15, 0.2) is 0 Å².